The average Bonchev–Trinajstić information content (AvgIpc) is 2.26. The highest BCUT2D eigenvalue weighted by Crippen LogP contribution is 2.12. The Morgan fingerprint density at radius 3 is 2.82 bits per heavy atom. The summed E-state index contributed by atoms with van der Waals surface area (Å²) in [5.41, 5.74) is 5.83. The summed E-state index contributed by atoms with van der Waals surface area (Å²) >= 11 is 0. The maximum atomic E-state index is 11.1. The molecule has 0 heterocycles. The van der Waals surface area contributed by atoms with Crippen molar-refractivity contribution >= 4 is 11.9 Å². The highest BCUT2D eigenvalue weighted by molar-refractivity contribution is 5.94. The fourth-order valence-electron chi connectivity index (χ4n) is 1.27. The van der Waals surface area contributed by atoms with Gasteiger partial charge < -0.3 is 15.8 Å². The Kier molecular flexibility index (Phi) is 4.96. The highest BCUT2D eigenvalue weighted by atomic mass is 16.5. The van der Waals surface area contributed by atoms with Crippen molar-refractivity contribution in [3.63, 3.8) is 0 Å². The second kappa shape index (κ2) is 6.49. The lowest BCUT2D eigenvalue weighted by molar-refractivity contribution is -0.121. The van der Waals surface area contributed by atoms with E-state index in [0.29, 0.717) is 12.3 Å². The average molecular weight is 237 g/mol. The summed E-state index contributed by atoms with van der Waals surface area (Å²) in [6.07, 6.45) is 0. The Hall–Kier alpha value is -2.08. The SMILES string of the molecule is CNCc1cccc(OCC(=O)NC(N)=O)c1. The van der Waals surface area contributed by atoms with E-state index >= 15 is 0 Å². The molecule has 0 spiro atoms. The van der Waals surface area contributed by atoms with E-state index in [9.17, 15) is 9.59 Å². The molecule has 1 aromatic carbocycles. The van der Waals surface area contributed by atoms with Gasteiger partial charge in [-0.1, -0.05) is 12.1 Å². The molecule has 17 heavy (non-hydrogen) atoms. The van der Waals surface area contributed by atoms with Gasteiger partial charge in [-0.2, -0.15) is 0 Å². The van der Waals surface area contributed by atoms with Crippen molar-refractivity contribution in [2.24, 2.45) is 5.73 Å². The fraction of sp³-hybridized carbons (Fsp3) is 0.273. The topological polar surface area (TPSA) is 93.4 Å². The predicted molar refractivity (Wildman–Crippen MR) is 62.4 cm³/mol. The monoisotopic (exact) mass is 237 g/mol. The van der Waals surface area contributed by atoms with Crippen LogP contribution < -0.4 is 21.1 Å². The Balaban J connectivity index is 2.48. The summed E-state index contributed by atoms with van der Waals surface area (Å²) in [7, 11) is 1.84. The summed E-state index contributed by atoms with van der Waals surface area (Å²) < 4.78 is 5.21. The Bertz CT molecular complexity index is 407. The number of benzene rings is 1. The number of carbonyl (C=O) groups excluding carboxylic acids is 2. The molecule has 1 rings (SSSR count). The Morgan fingerprint density at radius 1 is 1.41 bits per heavy atom. The zero-order chi connectivity index (χ0) is 12.7. The number of hydrogen-bond donors (Lipinski definition) is 3. The van der Waals surface area contributed by atoms with E-state index in [1.165, 1.54) is 0 Å². The van der Waals surface area contributed by atoms with Crippen LogP contribution in [0.4, 0.5) is 4.79 Å². The zero-order valence-corrected chi connectivity index (χ0v) is 9.53. The van der Waals surface area contributed by atoms with Gasteiger partial charge in [-0.05, 0) is 24.7 Å². The Morgan fingerprint density at radius 2 is 2.18 bits per heavy atom. The molecule has 0 unspecified atom stereocenters. The second-order valence-electron chi connectivity index (χ2n) is 3.38. The predicted octanol–water partition coefficient (Wildman–Crippen LogP) is -0.0203. The molecular formula is C11H15N3O3. The molecule has 0 radical (unpaired) electrons. The molecule has 3 amide bonds. The van der Waals surface area contributed by atoms with Crippen LogP contribution in [0.2, 0.25) is 0 Å². The molecule has 0 saturated carbocycles. The molecule has 0 aliphatic heterocycles. The molecule has 1 aromatic rings. The molecule has 0 aliphatic carbocycles. The van der Waals surface area contributed by atoms with Crippen LogP contribution in [0.25, 0.3) is 0 Å². The van der Waals surface area contributed by atoms with E-state index < -0.39 is 11.9 Å². The van der Waals surface area contributed by atoms with Gasteiger partial charge in [0, 0.05) is 6.54 Å². The van der Waals surface area contributed by atoms with Crippen molar-refractivity contribution in [3.8, 4) is 5.75 Å². The number of nitrogens with one attached hydrogen (secondary N) is 2. The van der Waals surface area contributed by atoms with Crippen molar-refractivity contribution in [2.75, 3.05) is 13.7 Å². The molecule has 0 atom stereocenters. The summed E-state index contributed by atoms with van der Waals surface area (Å²) in [5.74, 6) is -0.00566. The lowest BCUT2D eigenvalue weighted by Gasteiger charge is -2.07. The molecule has 0 aliphatic rings. The largest absolute Gasteiger partial charge is 0.484 e. The van der Waals surface area contributed by atoms with Crippen LogP contribution >= 0.6 is 0 Å². The van der Waals surface area contributed by atoms with Gasteiger partial charge in [0.1, 0.15) is 5.75 Å². The molecular weight excluding hydrogens is 222 g/mol. The van der Waals surface area contributed by atoms with Gasteiger partial charge in [-0.3, -0.25) is 10.1 Å². The first-order chi connectivity index (χ1) is 8.11. The van der Waals surface area contributed by atoms with Gasteiger partial charge in [0.05, 0.1) is 0 Å². The van der Waals surface area contributed by atoms with Crippen molar-refractivity contribution in [3.05, 3.63) is 29.8 Å². The Labute approximate surface area is 99.1 Å². The van der Waals surface area contributed by atoms with Crippen LogP contribution in [0.15, 0.2) is 24.3 Å². The van der Waals surface area contributed by atoms with Gasteiger partial charge in [0.2, 0.25) is 0 Å². The van der Waals surface area contributed by atoms with E-state index in [0.717, 1.165) is 5.56 Å². The minimum atomic E-state index is -0.887. The minimum Gasteiger partial charge on any atom is -0.484 e. The molecule has 4 N–H and O–H groups in total. The number of ether oxygens (including phenoxy) is 1. The summed E-state index contributed by atoms with van der Waals surface area (Å²) in [4.78, 5) is 21.5. The molecule has 0 bridgehead atoms. The molecule has 6 heteroatoms. The first kappa shape index (κ1) is 13.0. The van der Waals surface area contributed by atoms with E-state index in [4.69, 9.17) is 10.5 Å². The first-order valence-corrected chi connectivity index (χ1v) is 5.07. The number of urea groups is 1. The lowest BCUT2D eigenvalue weighted by Crippen LogP contribution is -2.38. The van der Waals surface area contributed by atoms with Crippen molar-refractivity contribution in [2.45, 2.75) is 6.54 Å². The van der Waals surface area contributed by atoms with Crippen LogP contribution in [0, 0.1) is 0 Å². The van der Waals surface area contributed by atoms with Gasteiger partial charge >= 0.3 is 6.03 Å². The zero-order valence-electron chi connectivity index (χ0n) is 9.53. The number of primary amides is 1. The van der Waals surface area contributed by atoms with Crippen LogP contribution in [0.5, 0.6) is 5.75 Å². The van der Waals surface area contributed by atoms with Gasteiger partial charge in [0.25, 0.3) is 5.91 Å². The number of rotatable bonds is 5. The van der Waals surface area contributed by atoms with E-state index in [-0.39, 0.29) is 6.61 Å². The van der Waals surface area contributed by atoms with Gasteiger partial charge in [-0.15, -0.1) is 0 Å². The van der Waals surface area contributed by atoms with Gasteiger partial charge in [0.15, 0.2) is 6.61 Å². The third-order valence-corrected chi connectivity index (χ3v) is 1.91. The standard InChI is InChI=1S/C11H15N3O3/c1-13-6-8-3-2-4-9(5-8)17-7-10(15)14-11(12)16/h2-5,13H,6-7H2,1H3,(H3,12,14,15,16). The maximum Gasteiger partial charge on any atom is 0.318 e. The van der Waals surface area contributed by atoms with Crippen LogP contribution in [0.3, 0.4) is 0 Å². The first-order valence-electron chi connectivity index (χ1n) is 5.07. The number of nitrogens with two attached hydrogens (primary N) is 1. The third kappa shape index (κ3) is 4.98. The molecule has 0 fully saturated rings. The fourth-order valence-corrected chi connectivity index (χ4v) is 1.27. The maximum absolute atomic E-state index is 11.1. The molecule has 92 valence electrons. The van der Waals surface area contributed by atoms with Gasteiger partial charge in [-0.25, -0.2) is 4.79 Å². The van der Waals surface area contributed by atoms with Crippen molar-refractivity contribution in [1.29, 1.82) is 0 Å². The summed E-state index contributed by atoms with van der Waals surface area (Å²) in [6.45, 7) is 0.469. The van der Waals surface area contributed by atoms with E-state index in [2.05, 4.69) is 5.32 Å². The van der Waals surface area contributed by atoms with Crippen molar-refractivity contribution in [1.82, 2.24) is 10.6 Å². The van der Waals surface area contributed by atoms with Crippen LogP contribution in [-0.2, 0) is 11.3 Å². The number of amides is 3. The third-order valence-electron chi connectivity index (χ3n) is 1.91. The highest BCUT2D eigenvalue weighted by Gasteiger charge is 2.05. The van der Waals surface area contributed by atoms with Crippen LogP contribution in [0.1, 0.15) is 5.56 Å². The molecule has 0 aromatic heterocycles. The number of hydrogen-bond acceptors (Lipinski definition) is 4. The molecule has 6 nitrogen and oxygen atoms in total. The normalized spacial score (nSPS) is 9.71. The smallest absolute Gasteiger partial charge is 0.318 e. The van der Waals surface area contributed by atoms with E-state index in [1.54, 1.807) is 6.07 Å². The van der Waals surface area contributed by atoms with Crippen LogP contribution in [-0.4, -0.2) is 25.6 Å². The summed E-state index contributed by atoms with van der Waals surface area (Å²) in [5, 5.41) is 4.92. The summed E-state index contributed by atoms with van der Waals surface area (Å²) in [6, 6.07) is 6.42. The quantitative estimate of drug-likeness (QED) is 0.671. The minimum absolute atomic E-state index is 0.244. The second-order valence-corrected chi connectivity index (χ2v) is 3.38. The van der Waals surface area contributed by atoms with Crippen molar-refractivity contribution < 1.29 is 14.3 Å². The molecule has 0 saturated heterocycles. The number of imide groups is 1. The lowest BCUT2D eigenvalue weighted by atomic mass is 10.2. The van der Waals surface area contributed by atoms with E-state index in [1.807, 2.05) is 30.6 Å². The number of carbonyl (C=O) groups is 2.